The summed E-state index contributed by atoms with van der Waals surface area (Å²) in [6.07, 6.45) is 0.529. The molecule has 158 valence electrons. The summed E-state index contributed by atoms with van der Waals surface area (Å²) in [7, 11) is -3.66. The fourth-order valence-corrected chi connectivity index (χ4v) is 5.12. The number of aryl methyl sites for hydroxylation is 1. The Hall–Kier alpha value is -3.45. The van der Waals surface area contributed by atoms with Crippen molar-refractivity contribution in [2.75, 3.05) is 16.2 Å². The quantitative estimate of drug-likeness (QED) is 0.610. The lowest BCUT2D eigenvalue weighted by molar-refractivity contribution is 0.101. The van der Waals surface area contributed by atoms with Crippen molar-refractivity contribution >= 4 is 33.1 Å². The van der Waals surface area contributed by atoms with Crippen LogP contribution in [0.1, 0.15) is 38.8 Å². The zero-order chi connectivity index (χ0) is 22.2. The van der Waals surface area contributed by atoms with Gasteiger partial charge in [-0.25, -0.2) is 8.42 Å². The molecule has 0 atom stereocenters. The van der Waals surface area contributed by atoms with Crippen molar-refractivity contribution in [1.29, 1.82) is 0 Å². The maximum atomic E-state index is 13.1. The molecule has 1 heterocycles. The summed E-state index contributed by atoms with van der Waals surface area (Å²) in [6.45, 7) is 3.71. The molecule has 31 heavy (non-hydrogen) atoms. The predicted molar refractivity (Wildman–Crippen MR) is 120 cm³/mol. The first-order valence-corrected chi connectivity index (χ1v) is 11.3. The van der Waals surface area contributed by atoms with E-state index in [1.807, 2.05) is 6.92 Å². The highest BCUT2D eigenvalue weighted by atomic mass is 32.2. The summed E-state index contributed by atoms with van der Waals surface area (Å²) in [5.41, 5.74) is 3.87. The number of nitrogens with zero attached hydrogens (tertiary/aromatic N) is 1. The number of rotatable bonds is 5. The van der Waals surface area contributed by atoms with Gasteiger partial charge in [0.2, 0.25) is 0 Å². The van der Waals surface area contributed by atoms with Gasteiger partial charge in [0.1, 0.15) is 0 Å². The number of nitrogens with one attached hydrogen (secondary N) is 1. The molecule has 0 radical (unpaired) electrons. The molecule has 1 aliphatic heterocycles. The van der Waals surface area contributed by atoms with Crippen molar-refractivity contribution in [2.45, 2.75) is 25.2 Å². The lowest BCUT2D eigenvalue weighted by Crippen LogP contribution is -2.29. The van der Waals surface area contributed by atoms with Crippen molar-refractivity contribution in [1.82, 2.24) is 0 Å². The van der Waals surface area contributed by atoms with E-state index in [2.05, 4.69) is 5.32 Å². The van der Waals surface area contributed by atoms with Gasteiger partial charge in [0.05, 0.1) is 10.6 Å². The standard InChI is InChI=1S/C24H22N2O4S/c1-16-6-9-22(10-7-16)31(29,30)26-13-12-19-14-20(8-11-23(19)26)24(28)25-21-5-3-4-18(15-21)17(2)27/h3-11,14-15H,12-13H2,1-2H3,(H,25,28). The van der Waals surface area contributed by atoms with Gasteiger partial charge in [0, 0.05) is 23.4 Å². The summed E-state index contributed by atoms with van der Waals surface area (Å²) in [5.74, 6) is -0.396. The van der Waals surface area contributed by atoms with Gasteiger partial charge in [-0.2, -0.15) is 0 Å². The van der Waals surface area contributed by atoms with Gasteiger partial charge in [-0.15, -0.1) is 0 Å². The first-order chi connectivity index (χ1) is 14.8. The second-order valence-electron chi connectivity index (χ2n) is 7.57. The number of benzene rings is 3. The van der Waals surface area contributed by atoms with Crippen LogP contribution < -0.4 is 9.62 Å². The minimum Gasteiger partial charge on any atom is -0.322 e. The van der Waals surface area contributed by atoms with Crippen molar-refractivity contribution in [2.24, 2.45) is 0 Å². The van der Waals surface area contributed by atoms with E-state index in [9.17, 15) is 18.0 Å². The normalized spacial score (nSPS) is 13.0. The number of anilines is 2. The third-order valence-electron chi connectivity index (χ3n) is 5.33. The fourth-order valence-electron chi connectivity index (χ4n) is 3.62. The number of Topliss-reactive ketones (excluding diaryl/α,β-unsaturated/α-hetero) is 1. The average molecular weight is 435 g/mol. The van der Waals surface area contributed by atoms with Crippen LogP contribution in [0.2, 0.25) is 0 Å². The molecule has 3 aromatic rings. The van der Waals surface area contributed by atoms with Crippen LogP contribution in [0.4, 0.5) is 11.4 Å². The topological polar surface area (TPSA) is 83.6 Å². The maximum Gasteiger partial charge on any atom is 0.264 e. The third kappa shape index (κ3) is 4.09. The highest BCUT2D eigenvalue weighted by Crippen LogP contribution is 2.33. The van der Waals surface area contributed by atoms with Gasteiger partial charge < -0.3 is 5.32 Å². The van der Waals surface area contributed by atoms with Crippen LogP contribution in [0, 0.1) is 6.92 Å². The fraction of sp³-hybridized carbons (Fsp3) is 0.167. The molecule has 6 nitrogen and oxygen atoms in total. The molecule has 1 amide bonds. The average Bonchev–Trinajstić information content (AvgIpc) is 3.18. The zero-order valence-electron chi connectivity index (χ0n) is 17.3. The van der Waals surface area contributed by atoms with E-state index in [0.29, 0.717) is 35.5 Å². The number of ketones is 1. The molecule has 1 N–H and O–H groups in total. The molecule has 0 spiro atoms. The Balaban J connectivity index is 1.57. The Morgan fingerprint density at radius 1 is 0.935 bits per heavy atom. The van der Waals surface area contributed by atoms with Crippen LogP contribution in [-0.4, -0.2) is 26.7 Å². The molecule has 4 rings (SSSR count). The molecule has 0 saturated carbocycles. The van der Waals surface area contributed by atoms with E-state index < -0.39 is 10.0 Å². The predicted octanol–water partition coefficient (Wildman–Crippen LogP) is 4.20. The maximum absolute atomic E-state index is 13.1. The molecule has 1 aliphatic rings. The molecule has 0 unspecified atom stereocenters. The van der Waals surface area contributed by atoms with Crippen LogP contribution >= 0.6 is 0 Å². The number of sulfonamides is 1. The molecule has 0 bridgehead atoms. The highest BCUT2D eigenvalue weighted by molar-refractivity contribution is 7.92. The third-order valence-corrected chi connectivity index (χ3v) is 7.16. The van der Waals surface area contributed by atoms with E-state index in [4.69, 9.17) is 0 Å². The number of hydrogen-bond donors (Lipinski definition) is 1. The summed E-state index contributed by atoms with van der Waals surface area (Å²) in [4.78, 5) is 24.5. The van der Waals surface area contributed by atoms with Crippen molar-refractivity contribution in [3.8, 4) is 0 Å². The lowest BCUT2D eigenvalue weighted by Gasteiger charge is -2.20. The molecule has 7 heteroatoms. The second-order valence-corrected chi connectivity index (χ2v) is 9.44. The van der Waals surface area contributed by atoms with Crippen molar-refractivity contribution in [3.05, 3.63) is 89.0 Å². The molecule has 0 aliphatic carbocycles. The molecule has 0 aromatic heterocycles. The van der Waals surface area contributed by atoms with Crippen LogP contribution in [0.15, 0.2) is 71.6 Å². The molecule has 0 fully saturated rings. The Morgan fingerprint density at radius 2 is 1.68 bits per heavy atom. The first kappa shape index (κ1) is 20.8. The Kier molecular flexibility index (Phi) is 5.37. The number of hydrogen-bond acceptors (Lipinski definition) is 4. The number of carbonyl (C=O) groups is 2. The molecular weight excluding hydrogens is 412 g/mol. The Labute approximate surface area is 181 Å². The zero-order valence-corrected chi connectivity index (χ0v) is 18.1. The summed E-state index contributed by atoms with van der Waals surface area (Å²) < 4.78 is 27.5. The smallest absolute Gasteiger partial charge is 0.264 e. The van der Waals surface area contributed by atoms with Gasteiger partial charge in [0.25, 0.3) is 15.9 Å². The van der Waals surface area contributed by atoms with Crippen LogP contribution in [0.25, 0.3) is 0 Å². The van der Waals surface area contributed by atoms with Crippen molar-refractivity contribution in [3.63, 3.8) is 0 Å². The van der Waals surface area contributed by atoms with Gasteiger partial charge in [-0.1, -0.05) is 29.8 Å². The lowest BCUT2D eigenvalue weighted by atomic mass is 10.1. The largest absolute Gasteiger partial charge is 0.322 e. The Bertz CT molecular complexity index is 1280. The van der Waals surface area contributed by atoms with E-state index in [1.165, 1.54) is 11.2 Å². The SMILES string of the molecule is CC(=O)c1cccc(NC(=O)c2ccc3c(c2)CCN3S(=O)(=O)c2ccc(C)cc2)c1. The number of fused-ring (bicyclic) bond motifs is 1. The van der Waals surface area contributed by atoms with Crippen LogP contribution in [0.3, 0.4) is 0 Å². The first-order valence-electron chi connectivity index (χ1n) is 9.90. The van der Waals surface area contributed by atoms with Gasteiger partial charge in [-0.3, -0.25) is 13.9 Å². The minimum absolute atomic E-state index is 0.0801. The highest BCUT2D eigenvalue weighted by Gasteiger charge is 2.31. The van der Waals surface area contributed by atoms with Crippen LogP contribution in [-0.2, 0) is 16.4 Å². The number of carbonyl (C=O) groups excluding carboxylic acids is 2. The van der Waals surface area contributed by atoms with E-state index >= 15 is 0 Å². The van der Waals surface area contributed by atoms with E-state index in [-0.39, 0.29) is 16.6 Å². The number of amides is 1. The molecular formula is C24H22N2O4S. The Morgan fingerprint density at radius 3 is 2.39 bits per heavy atom. The van der Waals surface area contributed by atoms with Crippen LogP contribution in [0.5, 0.6) is 0 Å². The minimum atomic E-state index is -3.66. The van der Waals surface area contributed by atoms with E-state index in [1.54, 1.807) is 66.7 Å². The second kappa shape index (κ2) is 8.00. The summed E-state index contributed by atoms with van der Waals surface area (Å²) >= 11 is 0. The van der Waals surface area contributed by atoms with Gasteiger partial charge in [-0.05, 0) is 68.3 Å². The molecule has 3 aromatic carbocycles. The molecule has 0 saturated heterocycles. The summed E-state index contributed by atoms with van der Waals surface area (Å²) in [6, 6.07) is 18.5. The van der Waals surface area contributed by atoms with Gasteiger partial charge in [0.15, 0.2) is 5.78 Å². The van der Waals surface area contributed by atoms with E-state index in [0.717, 1.165) is 11.1 Å². The summed E-state index contributed by atoms with van der Waals surface area (Å²) in [5, 5.41) is 2.79. The van der Waals surface area contributed by atoms with Crippen molar-refractivity contribution < 1.29 is 18.0 Å². The van der Waals surface area contributed by atoms with Gasteiger partial charge >= 0.3 is 0 Å². The monoisotopic (exact) mass is 434 g/mol.